The topological polar surface area (TPSA) is 87.2 Å². The SMILES string of the molecule is COc1ccc(N(C)c2ncnc3[nH]c(-c4ccc(CO)cc4)cc23)cn1. The number of rotatable bonds is 5. The van der Waals surface area contributed by atoms with Gasteiger partial charge in [-0.1, -0.05) is 24.3 Å². The number of aliphatic hydroxyl groups excluding tert-OH is 1. The summed E-state index contributed by atoms with van der Waals surface area (Å²) in [4.78, 5) is 18.4. The van der Waals surface area contributed by atoms with Crippen LogP contribution in [0.1, 0.15) is 5.56 Å². The Morgan fingerprint density at radius 3 is 2.56 bits per heavy atom. The average molecular weight is 361 g/mol. The van der Waals surface area contributed by atoms with E-state index in [1.165, 1.54) is 0 Å². The average Bonchev–Trinajstić information content (AvgIpc) is 3.18. The smallest absolute Gasteiger partial charge is 0.213 e. The van der Waals surface area contributed by atoms with Crippen LogP contribution in [-0.2, 0) is 6.61 Å². The second-order valence-electron chi connectivity index (χ2n) is 6.12. The van der Waals surface area contributed by atoms with E-state index in [9.17, 15) is 5.11 Å². The number of aromatic nitrogens is 4. The molecule has 0 spiro atoms. The standard InChI is InChI=1S/C20H19N5O2/c1-25(15-7-8-18(27-2)21-10-15)20-16-9-17(24-19(16)22-12-23-20)14-5-3-13(11-26)4-6-14/h3-10,12,26H,11H2,1-2H3,(H,22,23,24). The predicted octanol–water partition coefficient (Wildman–Crippen LogP) is 3.29. The van der Waals surface area contributed by atoms with E-state index >= 15 is 0 Å². The Labute approximate surface area is 156 Å². The molecule has 2 N–H and O–H groups in total. The van der Waals surface area contributed by atoms with Crippen LogP contribution < -0.4 is 9.64 Å². The number of nitrogens with one attached hydrogen (secondary N) is 1. The number of benzene rings is 1. The summed E-state index contributed by atoms with van der Waals surface area (Å²) in [6, 6.07) is 13.5. The van der Waals surface area contributed by atoms with Crippen molar-refractivity contribution in [3.05, 3.63) is 60.6 Å². The number of aromatic amines is 1. The van der Waals surface area contributed by atoms with Gasteiger partial charge >= 0.3 is 0 Å². The van der Waals surface area contributed by atoms with Crippen LogP contribution >= 0.6 is 0 Å². The third-order valence-corrected chi connectivity index (χ3v) is 4.49. The predicted molar refractivity (Wildman–Crippen MR) is 104 cm³/mol. The Hall–Kier alpha value is -3.45. The summed E-state index contributed by atoms with van der Waals surface area (Å²) in [5.41, 5.74) is 4.49. The first-order chi connectivity index (χ1) is 13.2. The highest BCUT2D eigenvalue weighted by atomic mass is 16.5. The number of pyridine rings is 1. The van der Waals surface area contributed by atoms with Crippen molar-refractivity contribution < 1.29 is 9.84 Å². The van der Waals surface area contributed by atoms with E-state index in [0.29, 0.717) is 5.88 Å². The maximum absolute atomic E-state index is 9.21. The Bertz CT molecular complexity index is 1060. The van der Waals surface area contributed by atoms with Crippen LogP contribution in [0.3, 0.4) is 0 Å². The van der Waals surface area contributed by atoms with Gasteiger partial charge in [-0.25, -0.2) is 15.0 Å². The fourth-order valence-electron chi connectivity index (χ4n) is 2.95. The number of nitrogens with zero attached hydrogens (tertiary/aromatic N) is 4. The highest BCUT2D eigenvalue weighted by Crippen LogP contribution is 2.31. The lowest BCUT2D eigenvalue weighted by Gasteiger charge is -2.18. The molecule has 0 bridgehead atoms. The lowest BCUT2D eigenvalue weighted by Crippen LogP contribution is -2.12. The molecule has 3 heterocycles. The highest BCUT2D eigenvalue weighted by molar-refractivity contribution is 5.93. The fraction of sp³-hybridized carbons (Fsp3) is 0.150. The summed E-state index contributed by atoms with van der Waals surface area (Å²) in [5.74, 6) is 1.34. The van der Waals surface area contributed by atoms with Gasteiger partial charge in [0.15, 0.2) is 0 Å². The van der Waals surface area contributed by atoms with Gasteiger partial charge in [0.25, 0.3) is 0 Å². The summed E-state index contributed by atoms with van der Waals surface area (Å²) in [7, 11) is 3.53. The molecule has 27 heavy (non-hydrogen) atoms. The number of ether oxygens (including phenoxy) is 1. The molecule has 0 fully saturated rings. The molecule has 0 amide bonds. The lowest BCUT2D eigenvalue weighted by molar-refractivity contribution is 0.282. The van der Waals surface area contributed by atoms with E-state index in [0.717, 1.165) is 39.4 Å². The summed E-state index contributed by atoms with van der Waals surface area (Å²) in [5, 5.41) is 10.1. The minimum Gasteiger partial charge on any atom is -0.481 e. The van der Waals surface area contributed by atoms with Gasteiger partial charge in [-0.2, -0.15) is 0 Å². The molecule has 3 aromatic heterocycles. The molecule has 0 radical (unpaired) electrons. The molecule has 0 saturated heterocycles. The monoisotopic (exact) mass is 361 g/mol. The first-order valence-corrected chi connectivity index (χ1v) is 8.47. The normalized spacial score (nSPS) is 10.9. The molecule has 136 valence electrons. The van der Waals surface area contributed by atoms with E-state index in [1.807, 2.05) is 54.4 Å². The van der Waals surface area contributed by atoms with Crippen LogP contribution in [0.25, 0.3) is 22.3 Å². The molecule has 7 nitrogen and oxygen atoms in total. The van der Waals surface area contributed by atoms with Crippen molar-refractivity contribution in [3.63, 3.8) is 0 Å². The summed E-state index contributed by atoms with van der Waals surface area (Å²) < 4.78 is 5.12. The van der Waals surface area contributed by atoms with Crippen LogP contribution in [0, 0.1) is 0 Å². The molecule has 4 rings (SSSR count). The molecular weight excluding hydrogens is 342 g/mol. The van der Waals surface area contributed by atoms with Crippen molar-refractivity contribution >= 4 is 22.5 Å². The maximum Gasteiger partial charge on any atom is 0.213 e. The number of hydrogen-bond acceptors (Lipinski definition) is 6. The quantitative estimate of drug-likeness (QED) is 0.567. The number of anilines is 2. The molecule has 1 aromatic carbocycles. The van der Waals surface area contributed by atoms with Gasteiger partial charge in [-0.3, -0.25) is 0 Å². The van der Waals surface area contributed by atoms with Crippen molar-refractivity contribution in [2.24, 2.45) is 0 Å². The summed E-state index contributed by atoms with van der Waals surface area (Å²) in [6.07, 6.45) is 3.29. The number of fused-ring (bicyclic) bond motifs is 1. The third-order valence-electron chi connectivity index (χ3n) is 4.49. The first-order valence-electron chi connectivity index (χ1n) is 8.47. The Balaban J connectivity index is 1.73. The van der Waals surface area contributed by atoms with E-state index < -0.39 is 0 Å². The molecule has 0 atom stereocenters. The Kier molecular flexibility index (Phi) is 4.43. The molecular formula is C20H19N5O2. The van der Waals surface area contributed by atoms with Crippen LogP contribution in [0.15, 0.2) is 55.0 Å². The Morgan fingerprint density at radius 1 is 1.07 bits per heavy atom. The second-order valence-corrected chi connectivity index (χ2v) is 6.12. The minimum atomic E-state index is 0.0310. The van der Waals surface area contributed by atoms with Crippen molar-refractivity contribution in [3.8, 4) is 17.1 Å². The van der Waals surface area contributed by atoms with Gasteiger partial charge < -0.3 is 19.7 Å². The van der Waals surface area contributed by atoms with E-state index in [4.69, 9.17) is 4.74 Å². The molecule has 4 aromatic rings. The number of aliphatic hydroxyl groups is 1. The number of H-pyrrole nitrogens is 1. The third kappa shape index (κ3) is 3.20. The van der Waals surface area contributed by atoms with Crippen molar-refractivity contribution in [2.75, 3.05) is 19.1 Å². The van der Waals surface area contributed by atoms with Crippen LogP contribution in [0.5, 0.6) is 5.88 Å². The molecule has 7 heteroatoms. The largest absolute Gasteiger partial charge is 0.481 e. The van der Waals surface area contributed by atoms with Gasteiger partial charge in [0.05, 0.1) is 31.0 Å². The maximum atomic E-state index is 9.21. The van der Waals surface area contributed by atoms with Crippen molar-refractivity contribution in [2.45, 2.75) is 6.61 Å². The molecule has 0 aliphatic carbocycles. The van der Waals surface area contributed by atoms with Crippen molar-refractivity contribution in [1.82, 2.24) is 19.9 Å². The zero-order valence-electron chi connectivity index (χ0n) is 15.0. The minimum absolute atomic E-state index is 0.0310. The Morgan fingerprint density at radius 2 is 1.89 bits per heavy atom. The molecule has 0 saturated carbocycles. The van der Waals surface area contributed by atoms with Gasteiger partial charge in [-0.15, -0.1) is 0 Å². The lowest BCUT2D eigenvalue weighted by atomic mass is 10.1. The van der Waals surface area contributed by atoms with Gasteiger partial charge in [0.2, 0.25) is 5.88 Å². The summed E-state index contributed by atoms with van der Waals surface area (Å²) in [6.45, 7) is 0.0310. The zero-order chi connectivity index (χ0) is 18.8. The number of hydrogen-bond donors (Lipinski definition) is 2. The molecule has 0 aliphatic heterocycles. The van der Waals surface area contributed by atoms with E-state index in [-0.39, 0.29) is 6.61 Å². The second kappa shape index (κ2) is 7.05. The molecule has 0 aliphatic rings. The van der Waals surface area contributed by atoms with Gasteiger partial charge in [0.1, 0.15) is 17.8 Å². The highest BCUT2D eigenvalue weighted by Gasteiger charge is 2.14. The van der Waals surface area contributed by atoms with Crippen LogP contribution in [-0.4, -0.2) is 39.2 Å². The van der Waals surface area contributed by atoms with E-state index in [2.05, 4.69) is 19.9 Å². The molecule has 0 unspecified atom stereocenters. The van der Waals surface area contributed by atoms with Crippen LogP contribution in [0.4, 0.5) is 11.5 Å². The van der Waals surface area contributed by atoms with Crippen LogP contribution in [0.2, 0.25) is 0 Å². The number of methoxy groups -OCH3 is 1. The van der Waals surface area contributed by atoms with Gasteiger partial charge in [-0.05, 0) is 23.3 Å². The van der Waals surface area contributed by atoms with E-state index in [1.54, 1.807) is 19.6 Å². The van der Waals surface area contributed by atoms with Crippen molar-refractivity contribution in [1.29, 1.82) is 0 Å². The van der Waals surface area contributed by atoms with Gasteiger partial charge in [0, 0.05) is 18.8 Å². The summed E-state index contributed by atoms with van der Waals surface area (Å²) >= 11 is 0. The zero-order valence-corrected chi connectivity index (χ0v) is 15.0. The fourth-order valence-corrected chi connectivity index (χ4v) is 2.95. The first kappa shape index (κ1) is 17.0.